The molecule has 1 saturated carbocycles. The van der Waals surface area contributed by atoms with Crippen molar-refractivity contribution >= 4 is 17.4 Å². The van der Waals surface area contributed by atoms with E-state index in [2.05, 4.69) is 44.9 Å². The summed E-state index contributed by atoms with van der Waals surface area (Å²) in [5.74, 6) is 1.11. The minimum Gasteiger partial charge on any atom is -0.351 e. The Hall–Kier alpha value is -4.17. The van der Waals surface area contributed by atoms with E-state index in [1.54, 1.807) is 24.5 Å². The Morgan fingerprint density at radius 3 is 2.51 bits per heavy atom. The van der Waals surface area contributed by atoms with E-state index in [1.807, 2.05) is 22.7 Å². The second-order valence-corrected chi connectivity index (χ2v) is 9.45. The molecule has 3 N–H and O–H groups in total. The predicted molar refractivity (Wildman–Crippen MR) is 142 cm³/mol. The molecular formula is C29H29FN7+. The van der Waals surface area contributed by atoms with Gasteiger partial charge in [0, 0.05) is 30.4 Å². The zero-order valence-corrected chi connectivity index (χ0v) is 20.5. The molecule has 1 fully saturated rings. The fourth-order valence-electron chi connectivity index (χ4n) is 5.02. The molecule has 8 heteroatoms. The smallest absolute Gasteiger partial charge is 0.326 e. The van der Waals surface area contributed by atoms with Crippen molar-refractivity contribution in [1.29, 1.82) is 0 Å². The topological polar surface area (TPSA) is 84.6 Å². The fraction of sp³-hybridized carbons (Fsp3) is 0.241. The highest BCUT2D eigenvalue weighted by Crippen LogP contribution is 2.35. The van der Waals surface area contributed by atoms with Gasteiger partial charge in [0.2, 0.25) is 5.95 Å². The third kappa shape index (κ3) is 5.06. The molecule has 0 aliphatic heterocycles. The average molecular weight is 495 g/mol. The molecule has 0 atom stereocenters. The van der Waals surface area contributed by atoms with E-state index < -0.39 is 0 Å². The monoisotopic (exact) mass is 494 g/mol. The van der Waals surface area contributed by atoms with Crippen molar-refractivity contribution in [2.24, 2.45) is 0 Å². The van der Waals surface area contributed by atoms with E-state index in [4.69, 9.17) is 10.1 Å². The van der Waals surface area contributed by atoms with Crippen molar-refractivity contribution in [3.8, 4) is 22.5 Å². The summed E-state index contributed by atoms with van der Waals surface area (Å²) < 4.78 is 15.6. The quantitative estimate of drug-likeness (QED) is 0.324. The number of nitrogens with two attached hydrogens (primary N) is 1. The van der Waals surface area contributed by atoms with Crippen LogP contribution in [0.2, 0.25) is 0 Å². The number of fused-ring (bicyclic) bond motifs is 1. The summed E-state index contributed by atoms with van der Waals surface area (Å²) in [7, 11) is 0. The van der Waals surface area contributed by atoms with Gasteiger partial charge in [-0.2, -0.15) is 19.6 Å². The number of quaternary nitrogens is 1. The largest absolute Gasteiger partial charge is 0.351 e. The lowest BCUT2D eigenvalue weighted by Gasteiger charge is -2.13. The van der Waals surface area contributed by atoms with Crippen LogP contribution in [0.1, 0.15) is 31.2 Å². The molecule has 5 aromatic rings. The first-order chi connectivity index (χ1) is 18.2. The zero-order chi connectivity index (χ0) is 25.0. The molecule has 6 rings (SSSR count). The third-order valence-electron chi connectivity index (χ3n) is 6.89. The molecule has 2 aromatic carbocycles. The Morgan fingerprint density at radius 1 is 0.919 bits per heavy atom. The highest BCUT2D eigenvalue weighted by Gasteiger charge is 2.22. The van der Waals surface area contributed by atoms with Gasteiger partial charge in [0.15, 0.2) is 0 Å². The maximum absolute atomic E-state index is 13.7. The van der Waals surface area contributed by atoms with Crippen molar-refractivity contribution in [2.45, 2.75) is 38.1 Å². The number of halogens is 1. The molecule has 0 radical (unpaired) electrons. The SMILES string of the molecule is Fc1ccc(-c2nn3c(NC4CCCC4)nccc3c2-c2ccnc([NH2+]CCc3ccccc3)n2)cc1. The molecule has 0 spiro atoms. The maximum atomic E-state index is 13.7. The fourth-order valence-corrected chi connectivity index (χ4v) is 5.02. The van der Waals surface area contributed by atoms with Crippen LogP contribution in [0.25, 0.3) is 28.0 Å². The van der Waals surface area contributed by atoms with E-state index in [0.717, 1.165) is 53.8 Å². The van der Waals surface area contributed by atoms with E-state index >= 15 is 0 Å². The Bertz CT molecular complexity index is 1490. The van der Waals surface area contributed by atoms with Gasteiger partial charge in [-0.05, 0) is 54.8 Å². The number of aromatic nitrogens is 5. The third-order valence-corrected chi connectivity index (χ3v) is 6.89. The summed E-state index contributed by atoms with van der Waals surface area (Å²) >= 11 is 0. The molecule has 37 heavy (non-hydrogen) atoms. The first-order valence-corrected chi connectivity index (χ1v) is 12.9. The summed E-state index contributed by atoms with van der Waals surface area (Å²) in [5, 5.41) is 10.6. The molecule has 0 amide bonds. The van der Waals surface area contributed by atoms with Crippen LogP contribution in [0.4, 0.5) is 16.3 Å². The number of nitrogens with zero attached hydrogens (tertiary/aromatic N) is 5. The first kappa shape index (κ1) is 23.2. The summed E-state index contributed by atoms with van der Waals surface area (Å²) in [6.45, 7) is 0.840. The lowest BCUT2D eigenvalue weighted by atomic mass is 10.0. The molecule has 1 aliphatic carbocycles. The van der Waals surface area contributed by atoms with Crippen LogP contribution in [-0.4, -0.2) is 37.2 Å². The van der Waals surface area contributed by atoms with Crippen LogP contribution in [0, 0.1) is 5.82 Å². The lowest BCUT2D eigenvalue weighted by molar-refractivity contribution is -0.578. The second kappa shape index (κ2) is 10.4. The standard InChI is InChI=1S/C29H28FN7/c30-22-12-10-21(11-13-22)27-26(25-16-19-33-29(37(25)36-27)34-23-8-4-5-9-23)24-15-18-32-28(35-24)31-17-14-20-6-2-1-3-7-20/h1-3,6-7,10-13,15-16,18-19,23H,4-5,8-9,14,17H2,(H,33,34)(H,31,32,35)/p+1. The lowest BCUT2D eigenvalue weighted by Crippen LogP contribution is -2.79. The van der Waals surface area contributed by atoms with Gasteiger partial charge in [-0.1, -0.05) is 43.2 Å². The number of benzene rings is 2. The van der Waals surface area contributed by atoms with Crippen LogP contribution in [-0.2, 0) is 6.42 Å². The Labute approximate surface area is 214 Å². The van der Waals surface area contributed by atoms with Crippen LogP contribution in [0.5, 0.6) is 0 Å². The van der Waals surface area contributed by atoms with Gasteiger partial charge in [-0.25, -0.2) is 9.37 Å². The normalized spacial score (nSPS) is 13.9. The van der Waals surface area contributed by atoms with Crippen LogP contribution in [0.15, 0.2) is 79.1 Å². The zero-order valence-electron chi connectivity index (χ0n) is 20.5. The van der Waals surface area contributed by atoms with Crippen molar-refractivity contribution in [1.82, 2.24) is 24.6 Å². The first-order valence-electron chi connectivity index (χ1n) is 12.9. The molecule has 0 saturated heterocycles. The number of rotatable bonds is 8. The van der Waals surface area contributed by atoms with Crippen molar-refractivity contribution in [2.75, 3.05) is 11.9 Å². The van der Waals surface area contributed by atoms with Gasteiger partial charge < -0.3 is 5.32 Å². The van der Waals surface area contributed by atoms with E-state index in [9.17, 15) is 4.39 Å². The summed E-state index contributed by atoms with van der Waals surface area (Å²) in [6, 6.07) is 21.1. The molecule has 0 bridgehead atoms. The van der Waals surface area contributed by atoms with Crippen molar-refractivity contribution in [3.05, 3.63) is 90.5 Å². The average Bonchev–Trinajstić information content (AvgIpc) is 3.58. The number of anilines is 1. The molecule has 3 aromatic heterocycles. The van der Waals surface area contributed by atoms with Gasteiger partial charge in [-0.15, -0.1) is 0 Å². The van der Waals surface area contributed by atoms with Crippen molar-refractivity contribution in [3.63, 3.8) is 0 Å². The van der Waals surface area contributed by atoms with E-state index in [1.165, 1.54) is 30.5 Å². The van der Waals surface area contributed by atoms with Crippen molar-refractivity contribution < 1.29 is 9.71 Å². The number of hydrogen-bond donors (Lipinski definition) is 2. The minimum absolute atomic E-state index is 0.281. The number of nitrogens with one attached hydrogen (secondary N) is 1. The highest BCUT2D eigenvalue weighted by molar-refractivity contribution is 5.91. The van der Waals surface area contributed by atoms with Gasteiger partial charge >= 0.3 is 5.95 Å². The molecule has 7 nitrogen and oxygen atoms in total. The maximum Gasteiger partial charge on any atom is 0.326 e. The van der Waals surface area contributed by atoms with Gasteiger partial charge in [0.05, 0.1) is 23.3 Å². The van der Waals surface area contributed by atoms with Crippen LogP contribution >= 0.6 is 0 Å². The highest BCUT2D eigenvalue weighted by atomic mass is 19.1. The summed E-state index contributed by atoms with van der Waals surface area (Å²) in [5.41, 5.74) is 5.38. The Morgan fingerprint density at radius 2 is 1.70 bits per heavy atom. The Kier molecular flexibility index (Phi) is 6.56. The summed E-state index contributed by atoms with van der Waals surface area (Å²) in [6.07, 6.45) is 9.23. The van der Waals surface area contributed by atoms with Gasteiger partial charge in [0.1, 0.15) is 11.5 Å². The number of hydrogen-bond acceptors (Lipinski definition) is 5. The second-order valence-electron chi connectivity index (χ2n) is 9.45. The van der Waals surface area contributed by atoms with Crippen LogP contribution in [0.3, 0.4) is 0 Å². The van der Waals surface area contributed by atoms with Gasteiger partial charge in [0.25, 0.3) is 0 Å². The molecule has 0 unspecified atom stereocenters. The molecule has 1 aliphatic rings. The van der Waals surface area contributed by atoms with Gasteiger partial charge in [-0.3, -0.25) is 5.32 Å². The molecular weight excluding hydrogens is 465 g/mol. The van der Waals surface area contributed by atoms with E-state index in [-0.39, 0.29) is 5.82 Å². The minimum atomic E-state index is -0.281. The van der Waals surface area contributed by atoms with Crippen LogP contribution < -0.4 is 10.6 Å². The molecule has 3 heterocycles. The summed E-state index contributed by atoms with van der Waals surface area (Å²) in [4.78, 5) is 14.0. The predicted octanol–water partition coefficient (Wildman–Crippen LogP) is 4.78. The van der Waals surface area contributed by atoms with E-state index in [0.29, 0.717) is 17.9 Å². The molecule has 186 valence electrons. The Balaban J connectivity index is 1.38.